The molecule has 3 aromatic carbocycles. The Labute approximate surface area is 243 Å². The fourth-order valence-electron chi connectivity index (χ4n) is 6.16. The number of nitrogens with zero attached hydrogens (tertiary/aromatic N) is 2. The van der Waals surface area contributed by atoms with Gasteiger partial charge >= 0.3 is 0 Å². The Kier molecular flexibility index (Phi) is 7.48. The highest BCUT2D eigenvalue weighted by Gasteiger charge is 2.42. The van der Waals surface area contributed by atoms with Crippen LogP contribution in [-0.4, -0.2) is 30.4 Å². The Balaban J connectivity index is 1.50. The number of aryl methyl sites for hydroxylation is 1. The second-order valence-electron chi connectivity index (χ2n) is 11.9. The SMILES string of the molecule is CN1/C(=C/C=C(/C=C/C2=[N+](C)c3ccccc3C2(C)C)Oc2ccc(CCC(=O)[O-])cc2)C(C)(C)c2ccccc21. The first-order chi connectivity index (χ1) is 19.5. The maximum absolute atomic E-state index is 10.9. The predicted octanol–water partition coefficient (Wildman–Crippen LogP) is 6.21. The Hall–Kier alpha value is -4.38. The van der Waals surface area contributed by atoms with Crippen LogP contribution in [0.3, 0.4) is 0 Å². The van der Waals surface area contributed by atoms with Crippen molar-refractivity contribution in [2.75, 3.05) is 19.0 Å². The Morgan fingerprint density at radius 3 is 2.24 bits per heavy atom. The quantitative estimate of drug-likeness (QED) is 0.192. The Morgan fingerprint density at radius 1 is 0.927 bits per heavy atom. The van der Waals surface area contributed by atoms with Crippen molar-refractivity contribution in [3.05, 3.63) is 125 Å². The number of para-hydroxylation sites is 2. The fourth-order valence-corrected chi connectivity index (χ4v) is 6.16. The molecule has 0 radical (unpaired) electrons. The summed E-state index contributed by atoms with van der Waals surface area (Å²) in [5, 5.41) is 10.9. The van der Waals surface area contributed by atoms with Crippen LogP contribution in [0.4, 0.5) is 11.4 Å². The number of likely N-dealkylation sites (N-methyl/N-ethyl adjacent to an activating group) is 1. The second-order valence-corrected chi connectivity index (χ2v) is 11.9. The van der Waals surface area contributed by atoms with Crippen molar-refractivity contribution in [3.8, 4) is 5.75 Å². The lowest BCUT2D eigenvalue weighted by molar-refractivity contribution is -0.401. The zero-order valence-corrected chi connectivity index (χ0v) is 24.8. The van der Waals surface area contributed by atoms with E-state index >= 15 is 0 Å². The van der Waals surface area contributed by atoms with E-state index < -0.39 is 5.97 Å². The summed E-state index contributed by atoms with van der Waals surface area (Å²) in [6.45, 7) is 9.00. The van der Waals surface area contributed by atoms with Gasteiger partial charge in [-0.05, 0) is 74.2 Å². The summed E-state index contributed by atoms with van der Waals surface area (Å²) in [5.41, 5.74) is 8.02. The number of hydrogen-bond acceptors (Lipinski definition) is 4. The summed E-state index contributed by atoms with van der Waals surface area (Å²) >= 11 is 0. The number of fused-ring (bicyclic) bond motifs is 2. The van der Waals surface area contributed by atoms with Crippen LogP contribution in [0.5, 0.6) is 5.75 Å². The van der Waals surface area contributed by atoms with E-state index in [4.69, 9.17) is 4.74 Å². The summed E-state index contributed by atoms with van der Waals surface area (Å²) in [6, 6.07) is 24.6. The average Bonchev–Trinajstić information content (AvgIpc) is 3.27. The van der Waals surface area contributed by atoms with Crippen LogP contribution in [0, 0.1) is 0 Å². The first-order valence-electron chi connectivity index (χ1n) is 14.1. The normalized spacial score (nSPS) is 18.2. The third kappa shape index (κ3) is 5.37. The van der Waals surface area contributed by atoms with Crippen molar-refractivity contribution in [1.82, 2.24) is 0 Å². The molecule has 0 N–H and O–H groups in total. The number of carbonyl (C=O) groups excluding carboxylic acids is 1. The molecule has 0 aromatic heterocycles. The van der Waals surface area contributed by atoms with Gasteiger partial charge in [0.15, 0.2) is 5.71 Å². The van der Waals surface area contributed by atoms with Crippen molar-refractivity contribution < 1.29 is 19.2 Å². The van der Waals surface area contributed by atoms with Crippen molar-refractivity contribution in [1.29, 1.82) is 0 Å². The molecule has 5 nitrogen and oxygen atoms in total. The van der Waals surface area contributed by atoms with Gasteiger partial charge in [0.1, 0.15) is 18.6 Å². The molecule has 0 aliphatic carbocycles. The van der Waals surface area contributed by atoms with Crippen molar-refractivity contribution in [2.45, 2.75) is 51.4 Å². The van der Waals surface area contributed by atoms with Crippen LogP contribution in [0.1, 0.15) is 50.8 Å². The molecule has 0 spiro atoms. The van der Waals surface area contributed by atoms with Gasteiger partial charge in [-0.3, -0.25) is 0 Å². The molecule has 0 unspecified atom stereocenters. The van der Waals surface area contributed by atoms with Crippen LogP contribution in [-0.2, 0) is 22.0 Å². The first-order valence-corrected chi connectivity index (χ1v) is 14.1. The van der Waals surface area contributed by atoms with Crippen LogP contribution in [0.25, 0.3) is 0 Å². The van der Waals surface area contributed by atoms with Crippen molar-refractivity contribution >= 4 is 23.1 Å². The van der Waals surface area contributed by atoms with E-state index in [2.05, 4.69) is 112 Å². The van der Waals surface area contributed by atoms with E-state index in [0.29, 0.717) is 17.9 Å². The number of carboxylic acid groups (broad SMARTS) is 1. The zero-order chi connectivity index (χ0) is 29.4. The molecule has 0 atom stereocenters. The maximum Gasteiger partial charge on any atom is 0.209 e. The van der Waals surface area contributed by atoms with Crippen LogP contribution >= 0.6 is 0 Å². The van der Waals surface area contributed by atoms with Gasteiger partial charge in [-0.25, -0.2) is 0 Å². The highest BCUT2D eigenvalue weighted by Crippen LogP contribution is 2.46. The number of allylic oxidation sites excluding steroid dienone is 5. The summed E-state index contributed by atoms with van der Waals surface area (Å²) in [7, 11) is 4.22. The number of aliphatic carboxylic acids is 1. The first kappa shape index (κ1) is 28.2. The topological polar surface area (TPSA) is 55.6 Å². The number of carboxylic acids is 1. The van der Waals surface area contributed by atoms with E-state index in [-0.39, 0.29) is 17.3 Å². The molecule has 41 heavy (non-hydrogen) atoms. The number of rotatable bonds is 8. The van der Waals surface area contributed by atoms with E-state index in [1.165, 1.54) is 33.9 Å². The van der Waals surface area contributed by atoms with Gasteiger partial charge in [-0.15, -0.1) is 0 Å². The number of ether oxygens (including phenoxy) is 1. The smallest absolute Gasteiger partial charge is 0.209 e. The van der Waals surface area contributed by atoms with Gasteiger partial charge < -0.3 is 19.5 Å². The molecule has 0 saturated heterocycles. The lowest BCUT2D eigenvalue weighted by atomic mass is 9.81. The van der Waals surface area contributed by atoms with Gasteiger partial charge in [0.25, 0.3) is 0 Å². The molecule has 2 aliphatic heterocycles. The molecule has 0 amide bonds. The summed E-state index contributed by atoms with van der Waals surface area (Å²) in [5.74, 6) is 0.342. The molecule has 2 aliphatic rings. The largest absolute Gasteiger partial charge is 0.550 e. The molecule has 0 saturated carbocycles. The van der Waals surface area contributed by atoms with Gasteiger partial charge in [0.2, 0.25) is 5.69 Å². The molecule has 0 bridgehead atoms. The van der Waals surface area contributed by atoms with Gasteiger partial charge in [0.05, 0.1) is 5.41 Å². The van der Waals surface area contributed by atoms with E-state index in [0.717, 1.165) is 5.56 Å². The lowest BCUT2D eigenvalue weighted by Gasteiger charge is -2.23. The minimum atomic E-state index is -1.05. The molecule has 210 valence electrons. The minimum absolute atomic E-state index is 0.00232. The number of anilines is 1. The van der Waals surface area contributed by atoms with Crippen LogP contribution < -0.4 is 14.7 Å². The molecule has 2 heterocycles. The second kappa shape index (κ2) is 10.9. The summed E-state index contributed by atoms with van der Waals surface area (Å²) < 4.78 is 8.67. The van der Waals surface area contributed by atoms with Gasteiger partial charge in [0, 0.05) is 47.5 Å². The van der Waals surface area contributed by atoms with Gasteiger partial charge in [-0.1, -0.05) is 62.4 Å². The molecule has 3 aromatic rings. The highest BCUT2D eigenvalue weighted by atomic mass is 16.5. The molecule has 5 heteroatoms. The number of hydrogen-bond donors (Lipinski definition) is 0. The lowest BCUT2D eigenvalue weighted by Crippen LogP contribution is -2.26. The minimum Gasteiger partial charge on any atom is -0.550 e. The third-order valence-electron chi connectivity index (χ3n) is 8.47. The maximum atomic E-state index is 10.9. The highest BCUT2D eigenvalue weighted by molar-refractivity contribution is 6.03. The molecule has 5 rings (SSSR count). The predicted molar refractivity (Wildman–Crippen MR) is 164 cm³/mol. The van der Waals surface area contributed by atoms with Crippen LogP contribution in [0.15, 0.2) is 109 Å². The number of carbonyl (C=O) groups is 1. The van der Waals surface area contributed by atoms with Crippen molar-refractivity contribution in [3.63, 3.8) is 0 Å². The van der Waals surface area contributed by atoms with E-state index in [1.54, 1.807) is 0 Å². The average molecular weight is 547 g/mol. The molecule has 0 fully saturated rings. The molecular formula is C36H38N2O3. The van der Waals surface area contributed by atoms with Crippen LogP contribution in [0.2, 0.25) is 0 Å². The monoisotopic (exact) mass is 546 g/mol. The standard InChI is InChI=1S/C36H38N2O3/c1-35(2)28-11-7-9-13-30(28)37(5)32(35)22-20-27(41-26-18-15-25(16-19-26)17-24-34(39)40)21-23-33-36(3,4)29-12-8-10-14-31(29)38(33)6/h7-16,18-23H,17,24H2,1-6H3. The van der Waals surface area contributed by atoms with Crippen molar-refractivity contribution in [2.24, 2.45) is 0 Å². The Morgan fingerprint density at radius 2 is 1.59 bits per heavy atom. The Bertz CT molecular complexity index is 1600. The zero-order valence-electron chi connectivity index (χ0n) is 24.8. The van der Waals surface area contributed by atoms with E-state index in [9.17, 15) is 9.90 Å². The molecular weight excluding hydrogens is 508 g/mol. The third-order valence-corrected chi connectivity index (χ3v) is 8.47. The summed E-state index contributed by atoms with van der Waals surface area (Å²) in [6.07, 6.45) is 8.80. The van der Waals surface area contributed by atoms with E-state index in [1.807, 2.05) is 36.4 Å². The number of benzene rings is 3. The summed E-state index contributed by atoms with van der Waals surface area (Å²) in [4.78, 5) is 13.1. The fraction of sp³-hybridized carbons (Fsp3) is 0.278. The van der Waals surface area contributed by atoms with Gasteiger partial charge in [-0.2, -0.15) is 4.58 Å².